The number of benzene rings is 2. The van der Waals surface area contributed by atoms with E-state index in [2.05, 4.69) is 10.5 Å². The van der Waals surface area contributed by atoms with Crippen LogP contribution in [-0.4, -0.2) is 53.4 Å². The summed E-state index contributed by atoms with van der Waals surface area (Å²) in [4.78, 5) is 33.4. The van der Waals surface area contributed by atoms with Crippen molar-refractivity contribution in [3.05, 3.63) is 62.8 Å². The molecular formula is C29H30N4O6S2. The Labute approximate surface area is 245 Å². The van der Waals surface area contributed by atoms with Gasteiger partial charge in [-0.2, -0.15) is 5.10 Å². The zero-order valence-electron chi connectivity index (χ0n) is 22.9. The van der Waals surface area contributed by atoms with Gasteiger partial charge in [0.2, 0.25) is 5.75 Å². The van der Waals surface area contributed by atoms with E-state index in [1.165, 1.54) is 37.1 Å². The summed E-state index contributed by atoms with van der Waals surface area (Å²) in [5.74, 6) is 0.638. The Morgan fingerprint density at radius 3 is 2.56 bits per heavy atom. The zero-order valence-corrected chi connectivity index (χ0v) is 24.6. The summed E-state index contributed by atoms with van der Waals surface area (Å²) in [6.07, 6.45) is 5.42. The van der Waals surface area contributed by atoms with E-state index in [0.29, 0.717) is 39.0 Å². The number of aryl methyl sites for hydroxylation is 2. The molecule has 0 bridgehead atoms. The number of fused-ring (bicyclic) bond motifs is 3. The SMILES string of the molecule is CCOc1ccc(-n2c(SCC(=O)N/N=C/c3cc(OC)c(O)c(OC)c3)nc3sc4c(c3c2=O)CCCC4)cc1. The molecule has 0 spiro atoms. The highest BCUT2D eigenvalue weighted by molar-refractivity contribution is 7.99. The third-order valence-electron chi connectivity index (χ3n) is 6.60. The highest BCUT2D eigenvalue weighted by atomic mass is 32.2. The molecule has 10 nitrogen and oxygen atoms in total. The van der Waals surface area contributed by atoms with Gasteiger partial charge in [0.05, 0.1) is 43.9 Å². The Morgan fingerprint density at radius 1 is 1.17 bits per heavy atom. The molecule has 1 aliphatic rings. The maximum atomic E-state index is 13.9. The topological polar surface area (TPSA) is 124 Å². The molecule has 2 heterocycles. The maximum absolute atomic E-state index is 13.9. The Bertz CT molecular complexity index is 1640. The second-order valence-electron chi connectivity index (χ2n) is 9.21. The normalized spacial score (nSPS) is 12.9. The van der Waals surface area contributed by atoms with Crippen molar-refractivity contribution in [2.45, 2.75) is 37.8 Å². The molecule has 1 aliphatic carbocycles. The van der Waals surface area contributed by atoms with Crippen molar-refractivity contribution >= 4 is 45.4 Å². The molecule has 214 valence electrons. The van der Waals surface area contributed by atoms with Crippen molar-refractivity contribution in [2.24, 2.45) is 5.10 Å². The summed E-state index contributed by atoms with van der Waals surface area (Å²) in [5.41, 5.74) is 4.69. The van der Waals surface area contributed by atoms with E-state index < -0.39 is 0 Å². The van der Waals surface area contributed by atoms with Crippen molar-refractivity contribution in [3.63, 3.8) is 0 Å². The first kappa shape index (κ1) is 28.5. The predicted octanol–water partition coefficient (Wildman–Crippen LogP) is 4.69. The largest absolute Gasteiger partial charge is 0.502 e. The number of phenolic OH excluding ortho intramolecular Hbond substituents is 1. The minimum Gasteiger partial charge on any atom is -0.502 e. The number of amides is 1. The smallest absolute Gasteiger partial charge is 0.267 e. The Kier molecular flexibility index (Phi) is 8.79. The standard InChI is InChI=1S/C29H30N4O6S2/c1-4-39-19-11-9-18(10-12-19)33-28(36)25-20-7-5-6-8-23(20)41-27(25)31-29(33)40-16-24(34)32-30-15-17-13-21(37-2)26(35)22(14-17)38-3/h9-15,35H,4-8,16H2,1-3H3,(H,32,34)/b30-15+. The Hall–Kier alpha value is -4.03. The van der Waals surface area contributed by atoms with Gasteiger partial charge in [-0.25, -0.2) is 10.4 Å². The quantitative estimate of drug-likeness (QED) is 0.117. The van der Waals surface area contributed by atoms with Crippen LogP contribution in [0, 0.1) is 0 Å². The number of aromatic nitrogens is 2. The molecule has 0 atom stereocenters. The van der Waals surface area contributed by atoms with Gasteiger partial charge in [-0.1, -0.05) is 11.8 Å². The molecule has 0 radical (unpaired) electrons. The van der Waals surface area contributed by atoms with Crippen LogP contribution >= 0.6 is 23.1 Å². The van der Waals surface area contributed by atoms with Crippen LogP contribution in [0.3, 0.4) is 0 Å². The first-order valence-corrected chi connectivity index (χ1v) is 14.9. The Morgan fingerprint density at radius 2 is 1.88 bits per heavy atom. The number of carbonyl (C=O) groups excluding carboxylic acids is 1. The number of hydrogen-bond donors (Lipinski definition) is 2. The van der Waals surface area contributed by atoms with Crippen LogP contribution in [0.5, 0.6) is 23.0 Å². The average Bonchev–Trinajstić information content (AvgIpc) is 3.36. The minimum absolute atomic E-state index is 0.0143. The minimum atomic E-state index is -0.373. The van der Waals surface area contributed by atoms with E-state index in [-0.39, 0.29) is 34.5 Å². The van der Waals surface area contributed by atoms with E-state index in [1.54, 1.807) is 28.0 Å². The van der Waals surface area contributed by atoms with Gasteiger partial charge in [-0.15, -0.1) is 11.3 Å². The number of methoxy groups -OCH3 is 2. The summed E-state index contributed by atoms with van der Waals surface area (Å²) in [5, 5.41) is 15.2. The summed E-state index contributed by atoms with van der Waals surface area (Å²) in [6.45, 7) is 2.46. The summed E-state index contributed by atoms with van der Waals surface area (Å²) in [6, 6.07) is 10.4. The molecule has 4 aromatic rings. The first-order valence-electron chi connectivity index (χ1n) is 13.1. The summed E-state index contributed by atoms with van der Waals surface area (Å²) < 4.78 is 17.5. The highest BCUT2D eigenvalue weighted by Crippen LogP contribution is 2.37. The number of aromatic hydroxyl groups is 1. The molecule has 0 saturated heterocycles. The number of nitrogens with zero attached hydrogens (tertiary/aromatic N) is 3. The lowest BCUT2D eigenvalue weighted by atomic mass is 9.97. The van der Waals surface area contributed by atoms with E-state index in [0.717, 1.165) is 31.2 Å². The van der Waals surface area contributed by atoms with Gasteiger partial charge in [-0.3, -0.25) is 14.2 Å². The summed E-state index contributed by atoms with van der Waals surface area (Å²) in [7, 11) is 2.86. The van der Waals surface area contributed by atoms with Crippen LogP contribution < -0.4 is 25.2 Å². The number of hydrazone groups is 1. The molecule has 0 saturated carbocycles. The van der Waals surface area contributed by atoms with Gasteiger partial charge < -0.3 is 19.3 Å². The van der Waals surface area contributed by atoms with Gasteiger partial charge in [0.15, 0.2) is 16.7 Å². The Balaban J connectivity index is 1.40. The third-order valence-corrected chi connectivity index (χ3v) is 8.73. The van der Waals surface area contributed by atoms with E-state index in [4.69, 9.17) is 19.2 Å². The second-order valence-corrected chi connectivity index (χ2v) is 11.2. The fourth-order valence-corrected chi connectivity index (χ4v) is 6.81. The number of ether oxygens (including phenoxy) is 3. The monoisotopic (exact) mass is 594 g/mol. The van der Waals surface area contributed by atoms with E-state index >= 15 is 0 Å². The van der Waals surface area contributed by atoms with Crippen LogP contribution in [0.15, 0.2) is 51.5 Å². The first-order chi connectivity index (χ1) is 19.9. The van der Waals surface area contributed by atoms with Crippen molar-refractivity contribution in [3.8, 4) is 28.7 Å². The molecule has 0 fully saturated rings. The highest BCUT2D eigenvalue weighted by Gasteiger charge is 2.23. The van der Waals surface area contributed by atoms with E-state index in [9.17, 15) is 14.7 Å². The molecule has 2 aromatic heterocycles. The zero-order chi connectivity index (χ0) is 28.9. The molecule has 1 amide bonds. The molecule has 5 rings (SSSR count). The molecule has 0 unspecified atom stereocenters. The molecule has 2 aromatic carbocycles. The number of carbonyl (C=O) groups is 1. The lowest BCUT2D eigenvalue weighted by Gasteiger charge is -2.14. The molecule has 0 aliphatic heterocycles. The molecule has 41 heavy (non-hydrogen) atoms. The van der Waals surface area contributed by atoms with Crippen molar-refractivity contribution in [1.82, 2.24) is 15.0 Å². The van der Waals surface area contributed by atoms with Gasteiger partial charge in [0, 0.05) is 10.4 Å². The fourth-order valence-electron chi connectivity index (χ4n) is 4.70. The van der Waals surface area contributed by atoms with Crippen LogP contribution in [0.1, 0.15) is 35.8 Å². The van der Waals surface area contributed by atoms with Gasteiger partial charge in [0.25, 0.3) is 11.5 Å². The van der Waals surface area contributed by atoms with Crippen LogP contribution in [0.2, 0.25) is 0 Å². The summed E-state index contributed by atoms with van der Waals surface area (Å²) >= 11 is 2.74. The molecule has 2 N–H and O–H groups in total. The second kappa shape index (κ2) is 12.6. The van der Waals surface area contributed by atoms with Gasteiger partial charge >= 0.3 is 0 Å². The molecular weight excluding hydrogens is 564 g/mol. The van der Waals surface area contributed by atoms with Crippen molar-refractivity contribution in [1.29, 1.82) is 0 Å². The lowest BCUT2D eigenvalue weighted by Crippen LogP contribution is -2.24. The lowest BCUT2D eigenvalue weighted by molar-refractivity contribution is -0.118. The third kappa shape index (κ3) is 6.03. The number of phenols is 1. The van der Waals surface area contributed by atoms with Crippen LogP contribution in [0.4, 0.5) is 0 Å². The number of thioether (sulfide) groups is 1. The van der Waals surface area contributed by atoms with Crippen molar-refractivity contribution in [2.75, 3.05) is 26.6 Å². The van der Waals surface area contributed by atoms with Crippen molar-refractivity contribution < 1.29 is 24.1 Å². The number of nitrogens with one attached hydrogen (secondary N) is 1. The molecule has 12 heteroatoms. The fraction of sp³-hybridized carbons (Fsp3) is 0.310. The number of thiophene rings is 1. The number of rotatable bonds is 10. The van der Waals surface area contributed by atoms with Gasteiger partial charge in [0.1, 0.15) is 10.6 Å². The van der Waals surface area contributed by atoms with Crippen LogP contribution in [0.25, 0.3) is 15.9 Å². The van der Waals surface area contributed by atoms with E-state index in [1.807, 2.05) is 31.2 Å². The number of hydrogen-bond acceptors (Lipinski definition) is 10. The van der Waals surface area contributed by atoms with Crippen LogP contribution in [-0.2, 0) is 17.6 Å². The van der Waals surface area contributed by atoms with Gasteiger partial charge in [-0.05, 0) is 74.6 Å². The average molecular weight is 595 g/mol. The maximum Gasteiger partial charge on any atom is 0.267 e. The predicted molar refractivity (Wildman–Crippen MR) is 161 cm³/mol.